The third-order valence-corrected chi connectivity index (χ3v) is 4.27. The Morgan fingerprint density at radius 2 is 1.77 bits per heavy atom. The first-order valence-corrected chi connectivity index (χ1v) is 9.29. The summed E-state index contributed by atoms with van der Waals surface area (Å²) in [5.41, 5.74) is 3.09. The zero-order chi connectivity index (χ0) is 18.2. The van der Waals surface area contributed by atoms with Gasteiger partial charge in [0.15, 0.2) is 0 Å². The minimum absolute atomic E-state index is 0.0648. The van der Waals surface area contributed by atoms with Crippen LogP contribution < -0.4 is 10.6 Å². The monoisotopic (exact) mass is 350 g/mol. The summed E-state index contributed by atoms with van der Waals surface area (Å²) < 4.78 is 2.14. The molecule has 2 aromatic carbocycles. The van der Waals surface area contributed by atoms with Crippen LogP contribution in [0.4, 0.5) is 0 Å². The van der Waals surface area contributed by atoms with Gasteiger partial charge < -0.3 is 10.6 Å². The first kappa shape index (κ1) is 18.1. The number of nitrogens with one attached hydrogen (secondary N) is 2. The molecular formula is C21H26N4O. The Hall–Kier alpha value is -2.66. The molecule has 136 valence electrons. The summed E-state index contributed by atoms with van der Waals surface area (Å²) in [6, 6.07) is 18.3. The number of carbonyl (C=O) groups is 1. The largest absolute Gasteiger partial charge is 0.355 e. The number of nitrogens with zero attached hydrogens (tertiary/aromatic N) is 2. The molecule has 0 atom stereocenters. The second-order valence-electron chi connectivity index (χ2n) is 6.29. The highest BCUT2D eigenvalue weighted by Gasteiger charge is 2.13. The van der Waals surface area contributed by atoms with Gasteiger partial charge in [-0.25, -0.2) is 4.98 Å². The van der Waals surface area contributed by atoms with E-state index >= 15 is 0 Å². The van der Waals surface area contributed by atoms with Crippen LogP contribution in [0, 0.1) is 0 Å². The molecule has 0 bridgehead atoms. The Labute approximate surface area is 154 Å². The molecule has 26 heavy (non-hydrogen) atoms. The average molecular weight is 350 g/mol. The number of carbonyl (C=O) groups excluding carboxylic acids is 1. The van der Waals surface area contributed by atoms with E-state index in [9.17, 15) is 4.79 Å². The van der Waals surface area contributed by atoms with E-state index in [-0.39, 0.29) is 5.91 Å². The summed E-state index contributed by atoms with van der Waals surface area (Å²) in [5.74, 6) is 0.978. The smallest absolute Gasteiger partial charge is 0.220 e. The lowest BCUT2D eigenvalue weighted by Gasteiger charge is -2.10. The molecule has 0 spiro atoms. The predicted octanol–water partition coefficient (Wildman–Crippen LogP) is 3.07. The summed E-state index contributed by atoms with van der Waals surface area (Å²) in [5, 5.41) is 6.25. The van der Waals surface area contributed by atoms with Gasteiger partial charge in [-0.3, -0.25) is 9.36 Å². The van der Waals surface area contributed by atoms with E-state index in [1.54, 1.807) is 0 Å². The van der Waals surface area contributed by atoms with Crippen molar-refractivity contribution in [2.75, 3.05) is 19.6 Å². The standard InChI is InChI=1S/C21H26N4O/c1-2-14-22-15-16-23-21(26)13-12-20-24-18-10-6-7-11-19(18)25(20)17-8-4-3-5-9-17/h3-11,22H,2,12-16H2,1H3,(H,23,26). The van der Waals surface area contributed by atoms with Crippen molar-refractivity contribution < 1.29 is 4.79 Å². The van der Waals surface area contributed by atoms with E-state index in [1.807, 2.05) is 36.4 Å². The van der Waals surface area contributed by atoms with Crippen molar-refractivity contribution in [1.82, 2.24) is 20.2 Å². The minimum atomic E-state index is 0.0648. The number of hydrogen-bond acceptors (Lipinski definition) is 3. The Bertz CT molecular complexity index is 842. The van der Waals surface area contributed by atoms with E-state index in [4.69, 9.17) is 4.98 Å². The van der Waals surface area contributed by atoms with Crippen LogP contribution in [0.5, 0.6) is 0 Å². The Balaban J connectivity index is 1.69. The molecule has 5 nitrogen and oxygen atoms in total. The highest BCUT2D eigenvalue weighted by atomic mass is 16.1. The Morgan fingerprint density at radius 3 is 2.58 bits per heavy atom. The van der Waals surface area contributed by atoms with Gasteiger partial charge in [0, 0.05) is 31.6 Å². The summed E-state index contributed by atoms with van der Waals surface area (Å²) in [6.07, 6.45) is 2.14. The number of fused-ring (bicyclic) bond motifs is 1. The quantitative estimate of drug-likeness (QED) is 0.583. The molecule has 0 saturated carbocycles. The third-order valence-electron chi connectivity index (χ3n) is 4.27. The van der Waals surface area contributed by atoms with Gasteiger partial charge in [0.05, 0.1) is 11.0 Å². The van der Waals surface area contributed by atoms with Crippen LogP contribution in [0.1, 0.15) is 25.6 Å². The van der Waals surface area contributed by atoms with Crippen LogP contribution in [-0.4, -0.2) is 35.1 Å². The molecule has 0 fully saturated rings. The van der Waals surface area contributed by atoms with Gasteiger partial charge in [0.25, 0.3) is 0 Å². The fourth-order valence-corrected chi connectivity index (χ4v) is 3.01. The van der Waals surface area contributed by atoms with Crippen molar-refractivity contribution in [3.8, 4) is 5.69 Å². The van der Waals surface area contributed by atoms with Gasteiger partial charge in [-0.15, -0.1) is 0 Å². The Kier molecular flexibility index (Phi) is 6.39. The van der Waals surface area contributed by atoms with E-state index in [0.29, 0.717) is 19.4 Å². The maximum absolute atomic E-state index is 12.1. The molecule has 2 N–H and O–H groups in total. The number of imidazole rings is 1. The van der Waals surface area contributed by atoms with Crippen molar-refractivity contribution in [3.63, 3.8) is 0 Å². The minimum Gasteiger partial charge on any atom is -0.355 e. The normalized spacial score (nSPS) is 11.0. The number of aromatic nitrogens is 2. The van der Waals surface area contributed by atoms with Crippen LogP contribution in [0.25, 0.3) is 16.7 Å². The van der Waals surface area contributed by atoms with Gasteiger partial charge in [-0.05, 0) is 37.2 Å². The maximum Gasteiger partial charge on any atom is 0.220 e. The molecule has 1 amide bonds. The maximum atomic E-state index is 12.1. The van der Waals surface area contributed by atoms with E-state index in [1.165, 1.54) is 0 Å². The molecule has 0 aliphatic carbocycles. The second-order valence-corrected chi connectivity index (χ2v) is 6.29. The first-order valence-electron chi connectivity index (χ1n) is 9.29. The first-order chi connectivity index (χ1) is 12.8. The van der Waals surface area contributed by atoms with Crippen molar-refractivity contribution in [2.45, 2.75) is 26.2 Å². The summed E-state index contributed by atoms with van der Waals surface area (Å²) in [7, 11) is 0. The molecule has 0 aliphatic rings. The lowest BCUT2D eigenvalue weighted by atomic mass is 10.2. The van der Waals surface area contributed by atoms with Crippen molar-refractivity contribution in [2.24, 2.45) is 0 Å². The summed E-state index contributed by atoms with van der Waals surface area (Å²) in [6.45, 7) is 4.58. The van der Waals surface area contributed by atoms with Crippen LogP contribution in [0.15, 0.2) is 54.6 Å². The molecule has 5 heteroatoms. The van der Waals surface area contributed by atoms with Crippen LogP contribution in [0.2, 0.25) is 0 Å². The third kappa shape index (κ3) is 4.49. The molecular weight excluding hydrogens is 324 g/mol. The van der Waals surface area contributed by atoms with Gasteiger partial charge in [-0.2, -0.15) is 0 Å². The van der Waals surface area contributed by atoms with E-state index in [2.05, 4.69) is 40.3 Å². The fourth-order valence-electron chi connectivity index (χ4n) is 3.01. The number of rotatable bonds is 9. The number of hydrogen-bond donors (Lipinski definition) is 2. The molecule has 0 aliphatic heterocycles. The number of aryl methyl sites for hydroxylation is 1. The SMILES string of the molecule is CCCNCCNC(=O)CCc1nc2ccccc2n1-c1ccccc1. The van der Waals surface area contributed by atoms with Crippen molar-refractivity contribution in [3.05, 3.63) is 60.4 Å². The average Bonchev–Trinajstić information content (AvgIpc) is 3.05. The van der Waals surface area contributed by atoms with Gasteiger partial charge in [0.1, 0.15) is 5.82 Å². The fraction of sp³-hybridized carbons (Fsp3) is 0.333. The van der Waals surface area contributed by atoms with Gasteiger partial charge >= 0.3 is 0 Å². The zero-order valence-corrected chi connectivity index (χ0v) is 15.2. The van der Waals surface area contributed by atoms with Crippen molar-refractivity contribution in [1.29, 1.82) is 0 Å². The van der Waals surface area contributed by atoms with Crippen LogP contribution in [0.3, 0.4) is 0 Å². The lowest BCUT2D eigenvalue weighted by Crippen LogP contribution is -2.32. The van der Waals surface area contributed by atoms with Crippen LogP contribution in [-0.2, 0) is 11.2 Å². The highest BCUT2D eigenvalue weighted by Crippen LogP contribution is 2.22. The van der Waals surface area contributed by atoms with Crippen LogP contribution >= 0.6 is 0 Å². The number of para-hydroxylation sites is 3. The number of amides is 1. The zero-order valence-electron chi connectivity index (χ0n) is 15.2. The molecule has 1 heterocycles. The molecule has 0 saturated heterocycles. The topological polar surface area (TPSA) is 58.9 Å². The summed E-state index contributed by atoms with van der Waals surface area (Å²) in [4.78, 5) is 16.9. The van der Waals surface area contributed by atoms with E-state index < -0.39 is 0 Å². The molecule has 3 aromatic rings. The Morgan fingerprint density at radius 1 is 1.00 bits per heavy atom. The number of benzene rings is 2. The molecule has 0 unspecified atom stereocenters. The molecule has 1 aromatic heterocycles. The van der Waals surface area contributed by atoms with Crippen molar-refractivity contribution >= 4 is 16.9 Å². The molecule has 0 radical (unpaired) electrons. The lowest BCUT2D eigenvalue weighted by molar-refractivity contribution is -0.121. The van der Waals surface area contributed by atoms with E-state index in [0.717, 1.165) is 42.1 Å². The predicted molar refractivity (Wildman–Crippen MR) is 106 cm³/mol. The summed E-state index contributed by atoms with van der Waals surface area (Å²) >= 11 is 0. The molecule has 3 rings (SSSR count). The van der Waals surface area contributed by atoms with Gasteiger partial charge in [0.2, 0.25) is 5.91 Å². The van der Waals surface area contributed by atoms with Gasteiger partial charge in [-0.1, -0.05) is 37.3 Å². The highest BCUT2D eigenvalue weighted by molar-refractivity contribution is 5.79. The second kappa shape index (κ2) is 9.15.